The first-order valence-electron chi connectivity index (χ1n) is 9.99. The summed E-state index contributed by atoms with van der Waals surface area (Å²) in [5, 5.41) is 8.21. The van der Waals surface area contributed by atoms with Crippen LogP contribution in [0.4, 0.5) is 5.69 Å². The third kappa shape index (κ3) is 6.89. The molecule has 0 aliphatic carbocycles. The highest BCUT2D eigenvalue weighted by atomic mass is 32.2. The molecule has 2 aromatic carbocycles. The van der Waals surface area contributed by atoms with E-state index in [4.69, 9.17) is 18.6 Å². The molecule has 0 unspecified atom stereocenters. The Kier molecular flexibility index (Phi) is 7.30. The Labute approximate surface area is 191 Å². The lowest BCUT2D eigenvalue weighted by Crippen LogP contribution is -2.18. The standard InChI is InChI=1S/C21H25N2O8PS/c1-13(2)29-32(25,30-14(3)4)23-17-8-5-15(6-9-17)19-11-16-7-10-18(31-33(22,26)27)12-20(16)28-21(19)24/h5-14H,1-4H3,(H,23,25)(H2,22,26,27). The van der Waals surface area contributed by atoms with Crippen LogP contribution in [0.15, 0.2) is 57.7 Å². The second-order valence-electron chi connectivity index (χ2n) is 7.72. The van der Waals surface area contributed by atoms with Crippen LogP contribution in [0.3, 0.4) is 0 Å². The minimum absolute atomic E-state index is 0.0759. The van der Waals surface area contributed by atoms with Crippen LogP contribution in [-0.4, -0.2) is 20.6 Å². The van der Waals surface area contributed by atoms with Crippen LogP contribution < -0.4 is 20.0 Å². The fourth-order valence-corrected chi connectivity index (χ4v) is 5.10. The van der Waals surface area contributed by atoms with Gasteiger partial charge in [-0.15, -0.1) is 0 Å². The summed E-state index contributed by atoms with van der Waals surface area (Å²) in [4.78, 5) is 12.5. The maximum atomic E-state index is 13.0. The molecular formula is C21H25N2O8PS. The van der Waals surface area contributed by atoms with Gasteiger partial charge in [-0.1, -0.05) is 12.1 Å². The topological polar surface area (TPSA) is 147 Å². The molecule has 10 nitrogen and oxygen atoms in total. The maximum absolute atomic E-state index is 13.0. The van der Waals surface area contributed by atoms with Gasteiger partial charge in [-0.05, 0) is 63.6 Å². The Morgan fingerprint density at radius 2 is 1.58 bits per heavy atom. The Balaban J connectivity index is 1.88. The number of fused-ring (bicyclic) bond motifs is 1. The normalized spacial score (nSPS) is 12.5. The van der Waals surface area contributed by atoms with Crippen LogP contribution in [0, 0.1) is 0 Å². The monoisotopic (exact) mass is 496 g/mol. The van der Waals surface area contributed by atoms with Gasteiger partial charge in [0, 0.05) is 17.1 Å². The molecule has 0 atom stereocenters. The summed E-state index contributed by atoms with van der Waals surface area (Å²) in [5.74, 6) is -0.0759. The largest absolute Gasteiger partial charge is 0.433 e. The summed E-state index contributed by atoms with van der Waals surface area (Å²) in [6, 6.07) is 12.4. The van der Waals surface area contributed by atoms with Crippen molar-refractivity contribution in [2.75, 3.05) is 5.09 Å². The van der Waals surface area contributed by atoms with Crippen molar-refractivity contribution in [2.24, 2.45) is 5.14 Å². The van der Waals surface area contributed by atoms with Crippen LogP contribution in [0.1, 0.15) is 27.7 Å². The third-order valence-corrected chi connectivity index (χ3v) is 6.44. The van der Waals surface area contributed by atoms with Crippen molar-refractivity contribution in [3.05, 3.63) is 59.0 Å². The SMILES string of the molecule is CC(C)OP(=O)(Nc1ccc(-c2cc3ccc(OS(N)(=O)=O)cc3oc2=O)cc1)OC(C)C. The van der Waals surface area contributed by atoms with Gasteiger partial charge in [0.25, 0.3) is 0 Å². The molecule has 0 spiro atoms. The van der Waals surface area contributed by atoms with Gasteiger partial charge >= 0.3 is 23.7 Å². The van der Waals surface area contributed by atoms with Crippen molar-refractivity contribution in [1.82, 2.24) is 0 Å². The van der Waals surface area contributed by atoms with Crippen molar-refractivity contribution in [2.45, 2.75) is 39.9 Å². The second-order valence-corrected chi connectivity index (χ2v) is 10.5. The number of nitrogens with one attached hydrogen (secondary N) is 1. The van der Waals surface area contributed by atoms with Gasteiger partial charge in [0.15, 0.2) is 0 Å². The number of nitrogens with two attached hydrogens (primary N) is 1. The molecule has 0 bridgehead atoms. The van der Waals surface area contributed by atoms with Crippen molar-refractivity contribution >= 4 is 34.7 Å². The molecule has 1 aromatic heterocycles. The smallest absolute Gasteiger partial charge is 0.422 e. The van der Waals surface area contributed by atoms with E-state index in [0.717, 1.165) is 0 Å². The number of hydrogen-bond acceptors (Lipinski definition) is 8. The average molecular weight is 496 g/mol. The van der Waals surface area contributed by atoms with E-state index in [1.54, 1.807) is 64.1 Å². The van der Waals surface area contributed by atoms with Gasteiger partial charge in [0.05, 0.1) is 17.8 Å². The first-order chi connectivity index (χ1) is 15.3. The third-order valence-electron chi connectivity index (χ3n) is 4.08. The van der Waals surface area contributed by atoms with E-state index in [9.17, 15) is 17.8 Å². The van der Waals surface area contributed by atoms with E-state index < -0.39 is 23.7 Å². The fourth-order valence-electron chi connectivity index (χ4n) is 2.99. The van der Waals surface area contributed by atoms with E-state index in [1.165, 1.54) is 12.1 Å². The molecule has 0 fully saturated rings. The first kappa shape index (κ1) is 24.9. The summed E-state index contributed by atoms with van der Waals surface area (Å²) in [7, 11) is -7.80. The second kappa shape index (κ2) is 9.66. The molecule has 33 heavy (non-hydrogen) atoms. The zero-order chi connectivity index (χ0) is 24.4. The summed E-state index contributed by atoms with van der Waals surface area (Å²) < 4.78 is 56.1. The molecule has 3 N–H and O–H groups in total. The first-order valence-corrected chi connectivity index (χ1v) is 13.0. The number of benzene rings is 2. The number of anilines is 1. The van der Waals surface area contributed by atoms with E-state index in [0.29, 0.717) is 16.6 Å². The molecule has 0 aliphatic heterocycles. The van der Waals surface area contributed by atoms with E-state index >= 15 is 0 Å². The van der Waals surface area contributed by atoms with Gasteiger partial charge in [-0.3, -0.25) is 14.1 Å². The molecule has 1 heterocycles. The highest BCUT2D eigenvalue weighted by Crippen LogP contribution is 2.50. The molecule has 178 valence electrons. The summed E-state index contributed by atoms with van der Waals surface area (Å²) in [6.07, 6.45) is -0.640. The van der Waals surface area contributed by atoms with E-state index in [-0.39, 0.29) is 29.1 Å². The lowest BCUT2D eigenvalue weighted by molar-refractivity contribution is 0.146. The van der Waals surface area contributed by atoms with Crippen LogP contribution in [0.2, 0.25) is 0 Å². The molecule has 0 saturated heterocycles. The summed E-state index contributed by atoms with van der Waals surface area (Å²) >= 11 is 0. The fraction of sp³-hybridized carbons (Fsp3) is 0.286. The minimum atomic E-state index is -4.20. The molecule has 0 aliphatic rings. The van der Waals surface area contributed by atoms with E-state index in [1.807, 2.05) is 0 Å². The van der Waals surface area contributed by atoms with Gasteiger partial charge in [0.1, 0.15) is 11.3 Å². The molecule has 0 amide bonds. The quantitative estimate of drug-likeness (QED) is 0.325. The predicted octanol–water partition coefficient (Wildman–Crippen LogP) is 4.41. The lowest BCUT2D eigenvalue weighted by Gasteiger charge is -2.23. The maximum Gasteiger partial charge on any atom is 0.433 e. The van der Waals surface area contributed by atoms with Gasteiger partial charge in [0.2, 0.25) is 0 Å². The zero-order valence-corrected chi connectivity index (χ0v) is 20.2. The highest BCUT2D eigenvalue weighted by Gasteiger charge is 2.28. The Hall–Kier alpha value is -2.69. The number of rotatable bonds is 9. The lowest BCUT2D eigenvalue weighted by atomic mass is 10.1. The van der Waals surface area contributed by atoms with Crippen molar-refractivity contribution in [3.8, 4) is 16.9 Å². The van der Waals surface area contributed by atoms with Gasteiger partial charge < -0.3 is 8.60 Å². The van der Waals surface area contributed by atoms with Crippen LogP contribution in [0.5, 0.6) is 5.75 Å². The Morgan fingerprint density at radius 3 is 2.12 bits per heavy atom. The molecule has 3 aromatic rings. The molecule has 0 radical (unpaired) electrons. The Bertz CT molecular complexity index is 1340. The van der Waals surface area contributed by atoms with E-state index in [2.05, 4.69) is 9.27 Å². The Morgan fingerprint density at radius 1 is 0.970 bits per heavy atom. The van der Waals surface area contributed by atoms with Crippen molar-refractivity contribution < 1.29 is 30.6 Å². The number of hydrogen-bond donors (Lipinski definition) is 2. The van der Waals surface area contributed by atoms with Crippen LogP contribution in [-0.2, 0) is 23.9 Å². The van der Waals surface area contributed by atoms with Crippen LogP contribution >= 0.6 is 7.75 Å². The molecule has 0 saturated carbocycles. The molecular weight excluding hydrogens is 471 g/mol. The van der Waals surface area contributed by atoms with Crippen molar-refractivity contribution in [3.63, 3.8) is 0 Å². The van der Waals surface area contributed by atoms with Crippen LogP contribution in [0.25, 0.3) is 22.1 Å². The van der Waals surface area contributed by atoms with Crippen molar-refractivity contribution in [1.29, 1.82) is 0 Å². The van der Waals surface area contributed by atoms with Gasteiger partial charge in [-0.25, -0.2) is 9.36 Å². The minimum Gasteiger partial charge on any atom is -0.422 e. The summed E-state index contributed by atoms with van der Waals surface area (Å²) in [5.41, 5.74) is 0.840. The van der Waals surface area contributed by atoms with Gasteiger partial charge in [-0.2, -0.15) is 13.6 Å². The average Bonchev–Trinajstić information content (AvgIpc) is 2.65. The zero-order valence-electron chi connectivity index (χ0n) is 18.5. The molecule has 12 heteroatoms. The highest BCUT2D eigenvalue weighted by molar-refractivity contribution is 7.84. The predicted molar refractivity (Wildman–Crippen MR) is 125 cm³/mol. The molecule has 3 rings (SSSR count). The summed E-state index contributed by atoms with van der Waals surface area (Å²) in [6.45, 7) is 7.02.